The maximum Gasteiger partial charge on any atom is 0.202 e. The molecule has 2 aromatic carbocycles. The molecular weight excluding hydrogens is 488 g/mol. The van der Waals surface area contributed by atoms with Crippen LogP contribution in [0.2, 0.25) is 5.02 Å². The summed E-state index contributed by atoms with van der Waals surface area (Å²) in [7, 11) is 0. The van der Waals surface area contributed by atoms with E-state index in [9.17, 15) is 4.79 Å². The van der Waals surface area contributed by atoms with Crippen molar-refractivity contribution >= 4 is 50.1 Å². The number of aryl methyl sites for hydroxylation is 1. The highest BCUT2D eigenvalue weighted by Crippen LogP contribution is 2.37. The molecule has 1 atom stereocenters. The molecule has 6 heteroatoms. The van der Waals surface area contributed by atoms with Crippen molar-refractivity contribution < 1.29 is 4.42 Å². The molecule has 1 aromatic heterocycles. The lowest BCUT2D eigenvalue weighted by molar-refractivity contribution is 0.274. The van der Waals surface area contributed by atoms with Gasteiger partial charge in [-0.2, -0.15) is 0 Å². The Bertz CT molecular complexity index is 1220. The van der Waals surface area contributed by atoms with Crippen molar-refractivity contribution in [1.29, 1.82) is 0 Å². The van der Waals surface area contributed by atoms with Crippen LogP contribution in [0.1, 0.15) is 56.3 Å². The molecule has 1 saturated heterocycles. The molecule has 1 fully saturated rings. The first-order valence-corrected chi connectivity index (χ1v) is 12.3. The van der Waals surface area contributed by atoms with Gasteiger partial charge in [0.1, 0.15) is 5.58 Å². The quantitative estimate of drug-likeness (QED) is 0.386. The molecular formula is C26H30BrClN2O2. The van der Waals surface area contributed by atoms with E-state index in [1.54, 1.807) is 0 Å². The molecule has 2 heterocycles. The molecule has 1 aliphatic heterocycles. The lowest BCUT2D eigenvalue weighted by Crippen LogP contribution is -2.38. The number of hydrogen-bond donors (Lipinski definition) is 1. The molecule has 0 saturated carbocycles. The molecule has 170 valence electrons. The fourth-order valence-corrected chi connectivity index (χ4v) is 4.97. The molecule has 1 N–H and O–H groups in total. The first-order chi connectivity index (χ1) is 15.1. The number of benzene rings is 2. The lowest BCUT2D eigenvalue weighted by Gasteiger charge is -2.37. The molecule has 0 aliphatic carbocycles. The zero-order chi connectivity index (χ0) is 23.2. The van der Waals surface area contributed by atoms with Crippen LogP contribution in [0.25, 0.3) is 11.0 Å². The van der Waals surface area contributed by atoms with Gasteiger partial charge in [-0.05, 0) is 78.7 Å². The summed E-state index contributed by atoms with van der Waals surface area (Å²) in [5.41, 5.74) is 4.61. The van der Waals surface area contributed by atoms with Gasteiger partial charge in [-0.1, -0.05) is 37.6 Å². The van der Waals surface area contributed by atoms with Crippen molar-refractivity contribution in [3.63, 3.8) is 0 Å². The van der Waals surface area contributed by atoms with E-state index >= 15 is 0 Å². The van der Waals surface area contributed by atoms with Crippen molar-refractivity contribution in [1.82, 2.24) is 0 Å². The smallest absolute Gasteiger partial charge is 0.202 e. The molecule has 0 spiro atoms. The van der Waals surface area contributed by atoms with Crippen molar-refractivity contribution in [2.75, 3.05) is 23.3 Å². The number of hydrogen-bond acceptors (Lipinski definition) is 4. The van der Waals surface area contributed by atoms with Crippen molar-refractivity contribution in [2.45, 2.75) is 53.5 Å². The summed E-state index contributed by atoms with van der Waals surface area (Å²) in [6.45, 7) is 12.4. The van der Waals surface area contributed by atoms with Crippen LogP contribution in [0, 0.1) is 19.3 Å². The second-order valence-electron chi connectivity index (χ2n) is 9.71. The van der Waals surface area contributed by atoms with E-state index in [2.05, 4.69) is 53.0 Å². The van der Waals surface area contributed by atoms with Gasteiger partial charge in [-0.3, -0.25) is 4.79 Å². The highest BCUT2D eigenvalue weighted by Gasteiger charge is 2.28. The predicted octanol–water partition coefficient (Wildman–Crippen LogP) is 7.63. The topological polar surface area (TPSA) is 45.5 Å². The summed E-state index contributed by atoms with van der Waals surface area (Å²) < 4.78 is 7.35. The zero-order valence-corrected chi connectivity index (χ0v) is 21.7. The van der Waals surface area contributed by atoms with Crippen LogP contribution < -0.4 is 15.6 Å². The van der Waals surface area contributed by atoms with Gasteiger partial charge in [-0.15, -0.1) is 0 Å². The zero-order valence-electron chi connectivity index (χ0n) is 19.3. The SMILES string of the molecule is Cc1cc([C@@H](C)Nc2cccc(Cl)c2Br)c2oc(N3CCC(C)(C)CC3)c(C)c(=O)c2c1. The van der Waals surface area contributed by atoms with E-state index in [1.165, 1.54) is 0 Å². The molecule has 0 radical (unpaired) electrons. The van der Waals surface area contributed by atoms with Gasteiger partial charge in [0.2, 0.25) is 5.88 Å². The number of nitrogens with one attached hydrogen (secondary N) is 1. The molecule has 1 aliphatic rings. The molecule has 3 aromatic rings. The van der Waals surface area contributed by atoms with Gasteiger partial charge >= 0.3 is 0 Å². The van der Waals surface area contributed by atoms with Gasteiger partial charge in [0.15, 0.2) is 5.43 Å². The Hall–Kier alpha value is -1.98. The standard InChI is InChI=1S/C26H30BrClN2O2/c1-15-13-18(17(3)29-21-8-6-7-20(28)22(21)27)24-19(14-15)23(31)16(2)25(32-24)30-11-9-26(4,5)10-12-30/h6-8,13-14,17,29H,9-12H2,1-5H3/t17-/m1/s1. The van der Waals surface area contributed by atoms with Crippen molar-refractivity contribution in [3.8, 4) is 0 Å². The van der Waals surface area contributed by atoms with Gasteiger partial charge in [-0.25, -0.2) is 0 Å². The highest BCUT2D eigenvalue weighted by molar-refractivity contribution is 9.10. The lowest BCUT2D eigenvalue weighted by atomic mass is 9.82. The molecule has 4 rings (SSSR count). The van der Waals surface area contributed by atoms with Crippen LogP contribution in [0.5, 0.6) is 0 Å². The third-order valence-corrected chi connectivity index (χ3v) is 7.96. The number of anilines is 2. The molecule has 32 heavy (non-hydrogen) atoms. The fraction of sp³-hybridized carbons (Fsp3) is 0.423. The van der Waals surface area contributed by atoms with Gasteiger partial charge in [0, 0.05) is 18.7 Å². The first-order valence-electron chi connectivity index (χ1n) is 11.1. The van der Waals surface area contributed by atoms with Gasteiger partial charge in [0.25, 0.3) is 0 Å². The average Bonchev–Trinajstić information content (AvgIpc) is 2.74. The number of rotatable bonds is 4. The Labute approximate surface area is 203 Å². The van der Waals surface area contributed by atoms with E-state index in [4.69, 9.17) is 16.0 Å². The van der Waals surface area contributed by atoms with Crippen LogP contribution in [-0.4, -0.2) is 13.1 Å². The van der Waals surface area contributed by atoms with Gasteiger partial charge < -0.3 is 14.6 Å². The largest absolute Gasteiger partial charge is 0.440 e. The minimum atomic E-state index is -0.0915. The summed E-state index contributed by atoms with van der Waals surface area (Å²) in [5.74, 6) is 0.708. The molecule has 0 bridgehead atoms. The summed E-state index contributed by atoms with van der Waals surface area (Å²) in [6, 6.07) is 9.67. The van der Waals surface area contributed by atoms with E-state index in [1.807, 2.05) is 38.1 Å². The second-order valence-corrected chi connectivity index (χ2v) is 10.9. The highest BCUT2D eigenvalue weighted by atomic mass is 79.9. The minimum absolute atomic E-state index is 0.0483. The molecule has 0 unspecified atom stereocenters. The maximum absolute atomic E-state index is 13.4. The fourth-order valence-electron chi connectivity index (χ4n) is 4.42. The minimum Gasteiger partial charge on any atom is -0.440 e. The Balaban J connectivity index is 1.80. The van der Waals surface area contributed by atoms with E-state index in [0.717, 1.165) is 47.2 Å². The van der Waals surface area contributed by atoms with E-state index in [0.29, 0.717) is 32.9 Å². The Kier molecular flexibility index (Phi) is 6.34. The second kappa shape index (κ2) is 8.75. The number of halogens is 2. The van der Waals surface area contributed by atoms with Crippen LogP contribution in [0.4, 0.5) is 11.6 Å². The maximum atomic E-state index is 13.4. The summed E-state index contributed by atoms with van der Waals surface area (Å²) in [4.78, 5) is 15.6. The monoisotopic (exact) mass is 516 g/mol. The predicted molar refractivity (Wildman–Crippen MR) is 138 cm³/mol. The summed E-state index contributed by atoms with van der Waals surface area (Å²) in [5, 5.41) is 4.81. The third-order valence-electron chi connectivity index (χ3n) is 6.56. The third kappa shape index (κ3) is 4.42. The number of fused-ring (bicyclic) bond motifs is 1. The average molecular weight is 518 g/mol. The molecule has 0 amide bonds. The number of piperidine rings is 1. The normalized spacial score (nSPS) is 16.9. The summed E-state index contributed by atoms with van der Waals surface area (Å²) in [6.07, 6.45) is 2.16. The van der Waals surface area contributed by atoms with Crippen LogP contribution in [0.15, 0.2) is 44.0 Å². The van der Waals surface area contributed by atoms with E-state index < -0.39 is 0 Å². The first kappa shape index (κ1) is 23.2. The van der Waals surface area contributed by atoms with Crippen molar-refractivity contribution in [3.05, 3.63) is 66.7 Å². The van der Waals surface area contributed by atoms with Gasteiger partial charge in [0.05, 0.1) is 32.2 Å². The van der Waals surface area contributed by atoms with Crippen LogP contribution >= 0.6 is 27.5 Å². The summed E-state index contributed by atoms with van der Waals surface area (Å²) >= 11 is 9.84. The van der Waals surface area contributed by atoms with Crippen molar-refractivity contribution in [2.24, 2.45) is 5.41 Å². The van der Waals surface area contributed by atoms with Crippen LogP contribution in [-0.2, 0) is 0 Å². The van der Waals surface area contributed by atoms with E-state index in [-0.39, 0.29) is 11.5 Å². The molecule has 4 nitrogen and oxygen atoms in total. The van der Waals surface area contributed by atoms with Crippen LogP contribution in [0.3, 0.4) is 0 Å². The number of nitrogens with zero attached hydrogens (tertiary/aromatic N) is 1. The Morgan fingerprint density at radius 3 is 2.56 bits per heavy atom. The Morgan fingerprint density at radius 1 is 1.19 bits per heavy atom. The Morgan fingerprint density at radius 2 is 1.88 bits per heavy atom.